The predicted octanol–water partition coefficient (Wildman–Crippen LogP) is 2.97. The first-order chi connectivity index (χ1) is 8.70. The molecule has 0 atom stereocenters. The van der Waals surface area contributed by atoms with Gasteiger partial charge < -0.3 is 4.90 Å². The van der Waals surface area contributed by atoms with Crippen LogP contribution in [-0.4, -0.2) is 29.8 Å². The van der Waals surface area contributed by atoms with Crippen LogP contribution in [0.25, 0.3) is 0 Å². The van der Waals surface area contributed by atoms with Crippen LogP contribution < -0.4 is 5.32 Å². The summed E-state index contributed by atoms with van der Waals surface area (Å²) in [5.41, 5.74) is 0. The van der Waals surface area contributed by atoms with Gasteiger partial charge in [0.15, 0.2) is 0 Å². The highest BCUT2D eigenvalue weighted by Crippen LogP contribution is 2.21. The molecule has 0 aliphatic carbocycles. The molecule has 1 fully saturated rings. The third-order valence-corrected chi connectivity index (χ3v) is 4.12. The molecule has 0 radical (unpaired) electrons. The van der Waals surface area contributed by atoms with E-state index in [-0.39, 0.29) is 11.9 Å². The molecule has 0 saturated carbocycles. The van der Waals surface area contributed by atoms with Gasteiger partial charge in [0.1, 0.15) is 5.78 Å². The van der Waals surface area contributed by atoms with Crippen LogP contribution in [-0.2, 0) is 4.79 Å². The molecular weight excluding hydrogens is 248 g/mol. The van der Waals surface area contributed by atoms with Crippen LogP contribution in [0.15, 0.2) is 17.5 Å². The minimum absolute atomic E-state index is 0.0557. The molecule has 1 aromatic heterocycles. The number of hydrogen-bond acceptors (Lipinski definition) is 3. The van der Waals surface area contributed by atoms with E-state index in [0.29, 0.717) is 25.3 Å². The van der Waals surface area contributed by atoms with Crippen molar-refractivity contribution in [1.29, 1.82) is 0 Å². The number of Topliss-reactive ketones (excluding diaryl/α,β-unsaturated/α-hetero) is 1. The Balaban J connectivity index is 1.82. The number of piperidine rings is 1. The fourth-order valence-corrected chi connectivity index (χ4v) is 2.83. The number of anilines is 1. The molecule has 0 aromatic carbocycles. The van der Waals surface area contributed by atoms with Crippen molar-refractivity contribution >= 4 is 28.2 Å². The van der Waals surface area contributed by atoms with Crippen molar-refractivity contribution in [3.63, 3.8) is 0 Å². The Morgan fingerprint density at radius 3 is 2.72 bits per heavy atom. The van der Waals surface area contributed by atoms with Crippen LogP contribution in [0.4, 0.5) is 9.80 Å². The van der Waals surface area contributed by atoms with Crippen molar-refractivity contribution in [1.82, 2.24) is 4.90 Å². The van der Waals surface area contributed by atoms with E-state index >= 15 is 0 Å². The van der Waals surface area contributed by atoms with Crippen LogP contribution >= 0.6 is 11.3 Å². The summed E-state index contributed by atoms with van der Waals surface area (Å²) in [6.45, 7) is 3.25. The Kier molecular flexibility index (Phi) is 4.36. The summed E-state index contributed by atoms with van der Waals surface area (Å²) >= 11 is 1.51. The number of rotatable bonds is 3. The van der Waals surface area contributed by atoms with E-state index in [9.17, 15) is 9.59 Å². The molecule has 18 heavy (non-hydrogen) atoms. The van der Waals surface area contributed by atoms with Crippen LogP contribution in [0.2, 0.25) is 0 Å². The lowest BCUT2D eigenvalue weighted by Crippen LogP contribution is -2.42. The molecule has 98 valence electrons. The lowest BCUT2D eigenvalue weighted by atomic mass is 9.91. The summed E-state index contributed by atoms with van der Waals surface area (Å²) in [5.74, 6) is 0.481. The maximum atomic E-state index is 11.9. The highest BCUT2D eigenvalue weighted by Gasteiger charge is 2.26. The average molecular weight is 266 g/mol. The van der Waals surface area contributed by atoms with Crippen LogP contribution in [0.3, 0.4) is 0 Å². The van der Waals surface area contributed by atoms with Gasteiger partial charge in [-0.05, 0) is 30.4 Å². The van der Waals surface area contributed by atoms with E-state index < -0.39 is 0 Å². The highest BCUT2D eigenvalue weighted by molar-refractivity contribution is 7.14. The molecule has 2 heterocycles. The first kappa shape index (κ1) is 13.1. The van der Waals surface area contributed by atoms with Gasteiger partial charge in [0.2, 0.25) is 0 Å². The second kappa shape index (κ2) is 6.00. The second-order valence-corrected chi connectivity index (χ2v) is 5.44. The maximum Gasteiger partial charge on any atom is 0.322 e. The number of amides is 2. The smallest absolute Gasteiger partial charge is 0.322 e. The van der Waals surface area contributed by atoms with E-state index in [0.717, 1.165) is 17.8 Å². The Morgan fingerprint density at radius 1 is 1.44 bits per heavy atom. The zero-order valence-electron chi connectivity index (χ0n) is 10.5. The summed E-state index contributed by atoms with van der Waals surface area (Å²) in [4.78, 5) is 25.3. The quantitative estimate of drug-likeness (QED) is 0.914. The molecule has 4 nitrogen and oxygen atoms in total. The topological polar surface area (TPSA) is 49.4 Å². The first-order valence-electron chi connectivity index (χ1n) is 6.33. The zero-order valence-corrected chi connectivity index (χ0v) is 11.3. The fourth-order valence-electron chi connectivity index (χ4n) is 2.23. The van der Waals surface area contributed by atoms with Gasteiger partial charge in [-0.25, -0.2) is 4.79 Å². The Bertz CT molecular complexity index is 409. The largest absolute Gasteiger partial charge is 0.324 e. The molecule has 0 spiro atoms. The molecule has 1 N–H and O–H groups in total. The molecule has 1 aliphatic rings. The molecule has 5 heteroatoms. The van der Waals surface area contributed by atoms with E-state index in [4.69, 9.17) is 0 Å². The summed E-state index contributed by atoms with van der Waals surface area (Å²) in [6.07, 6.45) is 2.20. The summed E-state index contributed by atoms with van der Waals surface area (Å²) < 4.78 is 0. The normalized spacial score (nSPS) is 16.6. The maximum absolute atomic E-state index is 11.9. The molecule has 0 unspecified atom stereocenters. The number of carbonyl (C=O) groups excluding carboxylic acids is 2. The van der Waals surface area contributed by atoms with Crippen molar-refractivity contribution in [3.05, 3.63) is 17.5 Å². The van der Waals surface area contributed by atoms with Crippen LogP contribution in [0, 0.1) is 5.92 Å². The average Bonchev–Trinajstić information content (AvgIpc) is 2.91. The lowest BCUT2D eigenvalue weighted by molar-refractivity contribution is -0.123. The number of nitrogens with one attached hydrogen (secondary N) is 1. The SMILES string of the molecule is CCC(=O)C1CCN(C(=O)Nc2cccs2)CC1. The van der Waals surface area contributed by atoms with E-state index in [1.54, 1.807) is 4.90 Å². The Hall–Kier alpha value is -1.36. The van der Waals surface area contributed by atoms with Gasteiger partial charge in [-0.1, -0.05) is 6.92 Å². The van der Waals surface area contributed by atoms with Crippen molar-refractivity contribution in [2.75, 3.05) is 18.4 Å². The highest BCUT2D eigenvalue weighted by atomic mass is 32.1. The molecule has 1 aromatic rings. The molecule has 2 amide bonds. The van der Waals surface area contributed by atoms with Crippen molar-refractivity contribution < 1.29 is 9.59 Å². The van der Waals surface area contributed by atoms with Gasteiger partial charge in [-0.3, -0.25) is 10.1 Å². The van der Waals surface area contributed by atoms with Crippen molar-refractivity contribution in [2.24, 2.45) is 5.92 Å². The van der Waals surface area contributed by atoms with Gasteiger partial charge in [0, 0.05) is 25.4 Å². The number of carbonyl (C=O) groups is 2. The van der Waals surface area contributed by atoms with Crippen molar-refractivity contribution in [2.45, 2.75) is 26.2 Å². The monoisotopic (exact) mass is 266 g/mol. The molecule has 2 rings (SSSR count). The minimum Gasteiger partial charge on any atom is -0.324 e. The Labute approximate surface area is 111 Å². The second-order valence-electron chi connectivity index (χ2n) is 4.49. The van der Waals surface area contributed by atoms with Crippen LogP contribution in [0.5, 0.6) is 0 Å². The number of urea groups is 1. The molecule has 0 bridgehead atoms. The molecule has 1 saturated heterocycles. The number of hydrogen-bond donors (Lipinski definition) is 1. The number of likely N-dealkylation sites (tertiary alicyclic amines) is 1. The summed E-state index contributed by atoms with van der Waals surface area (Å²) in [6, 6.07) is 3.74. The van der Waals surface area contributed by atoms with Gasteiger partial charge >= 0.3 is 6.03 Å². The standard InChI is InChI=1S/C13H18N2O2S/c1-2-11(16)10-5-7-15(8-6-10)13(17)14-12-4-3-9-18-12/h3-4,9-10H,2,5-8H2,1H3,(H,14,17). The minimum atomic E-state index is -0.0557. The fraction of sp³-hybridized carbons (Fsp3) is 0.538. The molecule has 1 aliphatic heterocycles. The third kappa shape index (κ3) is 3.10. The number of ketones is 1. The summed E-state index contributed by atoms with van der Waals surface area (Å²) in [7, 11) is 0. The van der Waals surface area contributed by atoms with E-state index in [1.807, 2.05) is 24.4 Å². The number of thiophene rings is 1. The third-order valence-electron chi connectivity index (χ3n) is 3.34. The van der Waals surface area contributed by atoms with Crippen molar-refractivity contribution in [3.8, 4) is 0 Å². The van der Waals surface area contributed by atoms with E-state index in [2.05, 4.69) is 5.32 Å². The van der Waals surface area contributed by atoms with Gasteiger partial charge in [-0.2, -0.15) is 0 Å². The van der Waals surface area contributed by atoms with Gasteiger partial charge in [0.25, 0.3) is 0 Å². The number of nitrogens with zero attached hydrogens (tertiary/aromatic N) is 1. The zero-order chi connectivity index (χ0) is 13.0. The van der Waals surface area contributed by atoms with Gasteiger partial charge in [-0.15, -0.1) is 11.3 Å². The van der Waals surface area contributed by atoms with E-state index in [1.165, 1.54) is 11.3 Å². The Morgan fingerprint density at radius 2 is 2.17 bits per heavy atom. The predicted molar refractivity (Wildman–Crippen MR) is 72.9 cm³/mol. The lowest BCUT2D eigenvalue weighted by Gasteiger charge is -2.31. The van der Waals surface area contributed by atoms with Crippen LogP contribution in [0.1, 0.15) is 26.2 Å². The molecular formula is C13H18N2O2S. The summed E-state index contributed by atoms with van der Waals surface area (Å²) in [5, 5.41) is 5.67. The first-order valence-corrected chi connectivity index (χ1v) is 7.20. The van der Waals surface area contributed by atoms with Gasteiger partial charge in [0.05, 0.1) is 5.00 Å².